The van der Waals surface area contributed by atoms with Crippen molar-refractivity contribution in [3.8, 4) is 5.75 Å². The average molecular weight is 472 g/mol. The fraction of sp³-hybridized carbons (Fsp3) is 0.111. The lowest BCUT2D eigenvalue weighted by Gasteiger charge is -2.18. The summed E-state index contributed by atoms with van der Waals surface area (Å²) in [5, 5.41) is 3.47. The fourth-order valence-corrected chi connectivity index (χ4v) is 4.04. The van der Waals surface area contributed by atoms with Gasteiger partial charge in [0, 0.05) is 21.8 Å². The van der Waals surface area contributed by atoms with Crippen LogP contribution in [0.2, 0.25) is 10.0 Å². The second kappa shape index (κ2) is 8.39. The number of halogens is 3. The van der Waals surface area contributed by atoms with Crippen molar-refractivity contribution in [3.05, 3.63) is 68.1 Å². The van der Waals surface area contributed by atoms with E-state index < -0.39 is 0 Å². The van der Waals surface area contributed by atoms with E-state index in [1.165, 1.54) is 23.2 Å². The van der Waals surface area contributed by atoms with E-state index in [9.17, 15) is 4.79 Å². The van der Waals surface area contributed by atoms with Crippen LogP contribution in [0.5, 0.6) is 5.75 Å². The SMILES string of the molecule is CC(=O)N(c1cccc(Cl)c1)c1nc(COc2ccc(Br)cc2Cl)cs1. The Hall–Kier alpha value is -1.60. The van der Waals surface area contributed by atoms with Crippen LogP contribution >= 0.6 is 50.5 Å². The van der Waals surface area contributed by atoms with Crippen molar-refractivity contribution in [1.29, 1.82) is 0 Å². The minimum Gasteiger partial charge on any atom is -0.486 e. The number of benzene rings is 2. The molecule has 0 fully saturated rings. The van der Waals surface area contributed by atoms with Crippen molar-refractivity contribution in [2.24, 2.45) is 0 Å². The molecular weight excluding hydrogens is 459 g/mol. The number of ether oxygens (including phenoxy) is 1. The summed E-state index contributed by atoms with van der Waals surface area (Å²) in [6, 6.07) is 12.5. The number of amides is 1. The molecule has 1 amide bonds. The molecule has 0 bridgehead atoms. The highest BCUT2D eigenvalue weighted by Gasteiger charge is 2.18. The van der Waals surface area contributed by atoms with Gasteiger partial charge >= 0.3 is 0 Å². The Morgan fingerprint density at radius 3 is 2.77 bits per heavy atom. The van der Waals surface area contributed by atoms with Gasteiger partial charge in [0.15, 0.2) is 5.13 Å². The Morgan fingerprint density at radius 2 is 2.08 bits per heavy atom. The molecule has 0 saturated carbocycles. The first-order valence-electron chi connectivity index (χ1n) is 7.52. The molecule has 26 heavy (non-hydrogen) atoms. The van der Waals surface area contributed by atoms with E-state index in [0.717, 1.165) is 4.47 Å². The van der Waals surface area contributed by atoms with Gasteiger partial charge in [0.25, 0.3) is 0 Å². The van der Waals surface area contributed by atoms with Crippen LogP contribution in [0.3, 0.4) is 0 Å². The van der Waals surface area contributed by atoms with Gasteiger partial charge in [0.2, 0.25) is 5.91 Å². The van der Waals surface area contributed by atoms with Gasteiger partial charge in [0.05, 0.1) is 16.4 Å². The summed E-state index contributed by atoms with van der Waals surface area (Å²) in [5.74, 6) is 0.424. The molecule has 8 heteroatoms. The van der Waals surface area contributed by atoms with Crippen molar-refractivity contribution < 1.29 is 9.53 Å². The van der Waals surface area contributed by atoms with Crippen molar-refractivity contribution >= 4 is 67.2 Å². The molecule has 0 N–H and O–H groups in total. The van der Waals surface area contributed by atoms with Crippen molar-refractivity contribution in [3.63, 3.8) is 0 Å². The molecule has 0 aliphatic carbocycles. The minimum absolute atomic E-state index is 0.148. The maximum absolute atomic E-state index is 12.1. The molecule has 3 aromatic rings. The van der Waals surface area contributed by atoms with E-state index in [-0.39, 0.29) is 12.5 Å². The number of hydrogen-bond acceptors (Lipinski definition) is 4. The molecule has 134 valence electrons. The lowest BCUT2D eigenvalue weighted by atomic mass is 10.3. The zero-order chi connectivity index (χ0) is 18.7. The first-order valence-corrected chi connectivity index (χ1v) is 9.95. The number of carbonyl (C=O) groups excluding carboxylic acids is 1. The van der Waals surface area contributed by atoms with Crippen LogP contribution in [0.25, 0.3) is 0 Å². The van der Waals surface area contributed by atoms with Gasteiger partial charge in [-0.05, 0) is 36.4 Å². The van der Waals surface area contributed by atoms with Crippen molar-refractivity contribution in [2.75, 3.05) is 4.90 Å². The van der Waals surface area contributed by atoms with Crippen molar-refractivity contribution in [2.45, 2.75) is 13.5 Å². The average Bonchev–Trinajstić information content (AvgIpc) is 3.02. The standard InChI is InChI=1S/C18H13BrCl2N2O2S/c1-11(24)23(15-4-2-3-13(20)8-15)18-22-14(10-26-18)9-25-17-6-5-12(19)7-16(17)21/h2-8,10H,9H2,1H3. The normalized spacial score (nSPS) is 10.6. The first kappa shape index (κ1) is 19.2. The number of carbonyl (C=O) groups is 1. The van der Waals surface area contributed by atoms with E-state index >= 15 is 0 Å². The number of anilines is 2. The van der Waals surface area contributed by atoms with Gasteiger partial charge < -0.3 is 4.74 Å². The summed E-state index contributed by atoms with van der Waals surface area (Å²) in [7, 11) is 0. The van der Waals surface area contributed by atoms with E-state index in [2.05, 4.69) is 20.9 Å². The van der Waals surface area contributed by atoms with E-state index in [4.69, 9.17) is 27.9 Å². The zero-order valence-electron chi connectivity index (χ0n) is 13.6. The number of aromatic nitrogens is 1. The molecular formula is C18H13BrCl2N2O2S. The second-order valence-corrected chi connectivity index (χ2v) is 7.91. The summed E-state index contributed by atoms with van der Waals surface area (Å²) < 4.78 is 6.60. The van der Waals surface area contributed by atoms with Gasteiger partial charge in [-0.15, -0.1) is 11.3 Å². The maximum Gasteiger partial charge on any atom is 0.230 e. The van der Waals surface area contributed by atoms with Gasteiger partial charge in [-0.3, -0.25) is 9.69 Å². The zero-order valence-corrected chi connectivity index (χ0v) is 17.5. The van der Waals surface area contributed by atoms with Crippen LogP contribution in [0.4, 0.5) is 10.8 Å². The molecule has 0 aliphatic rings. The van der Waals surface area contributed by atoms with Crippen LogP contribution in [-0.2, 0) is 11.4 Å². The minimum atomic E-state index is -0.148. The first-order chi connectivity index (χ1) is 12.4. The third-order valence-corrected chi connectivity index (χ3v) is 5.28. The molecule has 0 saturated heterocycles. The van der Waals surface area contributed by atoms with Crippen LogP contribution in [-0.4, -0.2) is 10.9 Å². The van der Waals surface area contributed by atoms with Crippen molar-refractivity contribution in [1.82, 2.24) is 4.98 Å². The van der Waals surface area contributed by atoms with Gasteiger partial charge in [-0.1, -0.05) is 45.2 Å². The van der Waals surface area contributed by atoms with Gasteiger partial charge in [0.1, 0.15) is 12.4 Å². The molecule has 4 nitrogen and oxygen atoms in total. The molecule has 0 unspecified atom stereocenters. The molecule has 0 radical (unpaired) electrons. The van der Waals surface area contributed by atoms with Gasteiger partial charge in [-0.2, -0.15) is 0 Å². The summed E-state index contributed by atoms with van der Waals surface area (Å²) in [4.78, 5) is 18.1. The predicted octanol–water partition coefficient (Wildman–Crippen LogP) is 6.48. The third kappa shape index (κ3) is 4.57. The van der Waals surface area contributed by atoms with Crippen LogP contribution in [0.15, 0.2) is 52.3 Å². The highest BCUT2D eigenvalue weighted by Crippen LogP contribution is 2.32. The smallest absolute Gasteiger partial charge is 0.230 e. The van der Waals surface area contributed by atoms with E-state index in [0.29, 0.717) is 32.3 Å². The van der Waals surface area contributed by atoms with Gasteiger partial charge in [-0.25, -0.2) is 4.98 Å². The monoisotopic (exact) mass is 470 g/mol. The highest BCUT2D eigenvalue weighted by atomic mass is 79.9. The Morgan fingerprint density at radius 1 is 1.27 bits per heavy atom. The lowest BCUT2D eigenvalue weighted by molar-refractivity contribution is -0.115. The summed E-state index contributed by atoms with van der Waals surface area (Å²) in [5.41, 5.74) is 1.38. The van der Waals surface area contributed by atoms with Crippen LogP contribution in [0, 0.1) is 0 Å². The maximum atomic E-state index is 12.1. The van der Waals surface area contributed by atoms with E-state index in [1.54, 1.807) is 30.3 Å². The van der Waals surface area contributed by atoms with Crippen LogP contribution in [0.1, 0.15) is 12.6 Å². The molecule has 3 rings (SSSR count). The summed E-state index contributed by atoms with van der Waals surface area (Å²) >= 11 is 16.9. The molecule has 0 spiro atoms. The predicted molar refractivity (Wildman–Crippen MR) is 110 cm³/mol. The molecule has 2 aromatic carbocycles. The summed E-state index contributed by atoms with van der Waals surface area (Å²) in [6.45, 7) is 1.74. The number of thiazole rings is 1. The molecule has 0 atom stereocenters. The Balaban J connectivity index is 1.78. The quantitative estimate of drug-likeness (QED) is 0.427. The second-order valence-electron chi connectivity index (χ2n) is 5.32. The Labute approximate surface area is 173 Å². The summed E-state index contributed by atoms with van der Waals surface area (Å²) in [6.07, 6.45) is 0. The Bertz CT molecular complexity index is 948. The molecule has 1 aromatic heterocycles. The molecule has 0 aliphatic heterocycles. The van der Waals surface area contributed by atoms with E-state index in [1.807, 2.05) is 17.5 Å². The number of hydrogen-bond donors (Lipinski definition) is 0. The largest absolute Gasteiger partial charge is 0.486 e. The third-order valence-electron chi connectivity index (χ3n) is 3.38. The Kier molecular flexibility index (Phi) is 6.19. The van der Waals surface area contributed by atoms with Crippen LogP contribution < -0.4 is 9.64 Å². The highest BCUT2D eigenvalue weighted by molar-refractivity contribution is 9.10. The lowest BCUT2D eigenvalue weighted by Crippen LogP contribution is -2.22. The number of rotatable bonds is 5. The topological polar surface area (TPSA) is 42.4 Å². The fourth-order valence-electron chi connectivity index (χ4n) is 2.25. The number of nitrogens with zero attached hydrogens (tertiary/aromatic N) is 2. The molecule has 1 heterocycles.